The zero-order valence-corrected chi connectivity index (χ0v) is 11.6. The molecule has 1 aromatic carbocycles. The van der Waals surface area contributed by atoms with Gasteiger partial charge in [0.1, 0.15) is 0 Å². The number of hydrogen-bond acceptors (Lipinski definition) is 4. The summed E-state index contributed by atoms with van der Waals surface area (Å²) in [5.74, 6) is 1.86. The molecule has 5 nitrogen and oxygen atoms in total. The normalized spacial score (nSPS) is 21.1. The van der Waals surface area contributed by atoms with Gasteiger partial charge in [-0.2, -0.15) is 0 Å². The summed E-state index contributed by atoms with van der Waals surface area (Å²) in [7, 11) is 1.71. The van der Waals surface area contributed by atoms with Crippen molar-refractivity contribution in [3.63, 3.8) is 0 Å². The predicted molar refractivity (Wildman–Crippen MR) is 73.1 cm³/mol. The molecule has 1 atom stereocenters. The lowest BCUT2D eigenvalue weighted by molar-refractivity contribution is 0.0570. The van der Waals surface area contributed by atoms with Crippen LogP contribution < -0.4 is 9.47 Å². The minimum absolute atomic E-state index is 0.0594. The minimum atomic E-state index is 0.0594. The van der Waals surface area contributed by atoms with Crippen molar-refractivity contribution in [2.45, 2.75) is 12.8 Å². The maximum atomic E-state index is 12.5. The van der Waals surface area contributed by atoms with E-state index >= 15 is 0 Å². The Morgan fingerprint density at radius 2 is 2.25 bits per heavy atom. The first-order chi connectivity index (χ1) is 9.78. The van der Waals surface area contributed by atoms with E-state index < -0.39 is 0 Å². The topological polar surface area (TPSA) is 48.0 Å². The van der Waals surface area contributed by atoms with Crippen molar-refractivity contribution in [2.75, 3.05) is 33.6 Å². The third-order valence-corrected chi connectivity index (χ3v) is 3.83. The number of carbonyl (C=O) groups excluding carboxylic acids is 1. The van der Waals surface area contributed by atoms with E-state index in [1.54, 1.807) is 25.3 Å². The number of ether oxygens (including phenoxy) is 3. The number of rotatable bonds is 3. The Morgan fingerprint density at radius 1 is 1.40 bits per heavy atom. The Hall–Kier alpha value is -1.75. The van der Waals surface area contributed by atoms with Gasteiger partial charge in [0.25, 0.3) is 5.91 Å². The van der Waals surface area contributed by atoms with Crippen LogP contribution in [0, 0.1) is 5.92 Å². The van der Waals surface area contributed by atoms with E-state index in [-0.39, 0.29) is 12.7 Å². The third kappa shape index (κ3) is 2.58. The van der Waals surface area contributed by atoms with Gasteiger partial charge in [-0.05, 0) is 37.0 Å². The highest BCUT2D eigenvalue weighted by Gasteiger charge is 2.25. The second-order valence-electron chi connectivity index (χ2n) is 5.28. The summed E-state index contributed by atoms with van der Waals surface area (Å²) in [4.78, 5) is 14.4. The fourth-order valence-electron chi connectivity index (χ4n) is 2.83. The summed E-state index contributed by atoms with van der Waals surface area (Å²) in [5, 5.41) is 0. The number of amides is 1. The van der Waals surface area contributed by atoms with Crippen molar-refractivity contribution < 1.29 is 19.0 Å². The zero-order chi connectivity index (χ0) is 13.9. The fourth-order valence-corrected chi connectivity index (χ4v) is 2.83. The van der Waals surface area contributed by atoms with Gasteiger partial charge in [0.2, 0.25) is 6.79 Å². The number of benzene rings is 1. The number of methoxy groups -OCH3 is 1. The standard InChI is InChI=1S/C15H19NO4/c1-18-9-11-3-2-6-16(8-11)15(17)12-4-5-13-14(7-12)20-10-19-13/h4-5,7,11H,2-3,6,8-10H2,1H3. The summed E-state index contributed by atoms with van der Waals surface area (Å²) >= 11 is 0. The van der Waals surface area contributed by atoms with Gasteiger partial charge in [-0.3, -0.25) is 4.79 Å². The van der Waals surface area contributed by atoms with Crippen LogP contribution in [0.1, 0.15) is 23.2 Å². The highest BCUT2D eigenvalue weighted by Crippen LogP contribution is 2.33. The van der Waals surface area contributed by atoms with Crippen molar-refractivity contribution in [1.82, 2.24) is 4.90 Å². The largest absolute Gasteiger partial charge is 0.454 e. The molecule has 2 aliphatic heterocycles. The van der Waals surface area contributed by atoms with Crippen molar-refractivity contribution >= 4 is 5.91 Å². The molecule has 1 unspecified atom stereocenters. The van der Waals surface area contributed by atoms with Crippen LogP contribution in [0.5, 0.6) is 11.5 Å². The minimum Gasteiger partial charge on any atom is -0.454 e. The van der Waals surface area contributed by atoms with Gasteiger partial charge >= 0.3 is 0 Å². The van der Waals surface area contributed by atoms with Crippen molar-refractivity contribution in [1.29, 1.82) is 0 Å². The van der Waals surface area contributed by atoms with Gasteiger partial charge in [-0.15, -0.1) is 0 Å². The summed E-state index contributed by atoms with van der Waals surface area (Å²) in [6.45, 7) is 2.52. The molecule has 0 aromatic heterocycles. The smallest absolute Gasteiger partial charge is 0.254 e. The van der Waals surface area contributed by atoms with Crippen LogP contribution in [0.25, 0.3) is 0 Å². The number of hydrogen-bond donors (Lipinski definition) is 0. The Morgan fingerprint density at radius 3 is 3.10 bits per heavy atom. The van der Waals surface area contributed by atoms with Crippen LogP contribution in [0.3, 0.4) is 0 Å². The lowest BCUT2D eigenvalue weighted by atomic mass is 9.98. The van der Waals surface area contributed by atoms with Gasteiger partial charge in [0.05, 0.1) is 6.61 Å². The van der Waals surface area contributed by atoms with Gasteiger partial charge in [-0.1, -0.05) is 0 Å². The second-order valence-corrected chi connectivity index (χ2v) is 5.28. The predicted octanol–water partition coefficient (Wildman–Crippen LogP) is 1.91. The highest BCUT2D eigenvalue weighted by molar-refractivity contribution is 5.95. The van der Waals surface area contributed by atoms with Crippen LogP contribution in [-0.2, 0) is 4.74 Å². The summed E-state index contributed by atoms with van der Waals surface area (Å²) in [6, 6.07) is 5.37. The number of piperidine rings is 1. The third-order valence-electron chi connectivity index (χ3n) is 3.83. The van der Waals surface area contributed by atoms with E-state index in [9.17, 15) is 4.79 Å². The Kier molecular flexibility index (Phi) is 3.78. The van der Waals surface area contributed by atoms with Crippen LogP contribution in [-0.4, -0.2) is 44.4 Å². The van der Waals surface area contributed by atoms with E-state index in [1.807, 2.05) is 4.90 Å². The average molecular weight is 277 g/mol. The molecule has 2 heterocycles. The zero-order valence-electron chi connectivity index (χ0n) is 11.6. The van der Waals surface area contributed by atoms with Crippen molar-refractivity contribution in [2.24, 2.45) is 5.92 Å². The molecule has 0 spiro atoms. The molecule has 0 N–H and O–H groups in total. The van der Waals surface area contributed by atoms with Gasteiger partial charge in [0, 0.05) is 25.8 Å². The Labute approximate surface area is 118 Å². The first kappa shape index (κ1) is 13.2. The molecule has 3 rings (SSSR count). The average Bonchev–Trinajstić information content (AvgIpc) is 2.94. The molecule has 0 radical (unpaired) electrons. The quantitative estimate of drug-likeness (QED) is 0.847. The highest BCUT2D eigenvalue weighted by atomic mass is 16.7. The molecule has 0 bridgehead atoms. The van der Waals surface area contributed by atoms with Crippen molar-refractivity contribution in [3.8, 4) is 11.5 Å². The van der Waals surface area contributed by atoms with Crippen LogP contribution >= 0.6 is 0 Å². The first-order valence-corrected chi connectivity index (χ1v) is 6.96. The maximum absolute atomic E-state index is 12.5. The molecule has 5 heteroatoms. The maximum Gasteiger partial charge on any atom is 0.254 e. The molecule has 1 fully saturated rings. The second kappa shape index (κ2) is 5.71. The Balaban J connectivity index is 1.72. The summed E-state index contributed by atoms with van der Waals surface area (Å²) in [5.41, 5.74) is 0.660. The molecule has 1 aromatic rings. The van der Waals surface area contributed by atoms with E-state index in [0.717, 1.165) is 25.9 Å². The molecule has 2 aliphatic rings. The number of carbonyl (C=O) groups is 1. The molecule has 108 valence electrons. The fraction of sp³-hybridized carbons (Fsp3) is 0.533. The van der Waals surface area contributed by atoms with Gasteiger partial charge in [-0.25, -0.2) is 0 Å². The first-order valence-electron chi connectivity index (χ1n) is 6.96. The summed E-state index contributed by atoms with van der Waals surface area (Å²) < 4.78 is 15.8. The van der Waals surface area contributed by atoms with E-state index in [4.69, 9.17) is 14.2 Å². The van der Waals surface area contributed by atoms with E-state index in [1.165, 1.54) is 0 Å². The molecular weight excluding hydrogens is 258 g/mol. The van der Waals surface area contributed by atoms with Crippen LogP contribution in [0.2, 0.25) is 0 Å². The number of fused-ring (bicyclic) bond motifs is 1. The van der Waals surface area contributed by atoms with E-state index in [2.05, 4.69) is 0 Å². The molecule has 1 saturated heterocycles. The van der Waals surface area contributed by atoms with Crippen LogP contribution in [0.4, 0.5) is 0 Å². The lowest BCUT2D eigenvalue weighted by Gasteiger charge is -2.32. The molecule has 20 heavy (non-hydrogen) atoms. The molecule has 0 saturated carbocycles. The van der Waals surface area contributed by atoms with Gasteiger partial charge in [0.15, 0.2) is 11.5 Å². The molecular formula is C15H19NO4. The molecule has 0 aliphatic carbocycles. The lowest BCUT2D eigenvalue weighted by Crippen LogP contribution is -2.41. The molecule has 1 amide bonds. The monoisotopic (exact) mass is 277 g/mol. The van der Waals surface area contributed by atoms with Crippen molar-refractivity contribution in [3.05, 3.63) is 23.8 Å². The SMILES string of the molecule is COCC1CCCN(C(=O)c2ccc3c(c2)OCO3)C1. The van der Waals surface area contributed by atoms with Gasteiger partial charge < -0.3 is 19.1 Å². The number of likely N-dealkylation sites (tertiary alicyclic amines) is 1. The van der Waals surface area contributed by atoms with Crippen LogP contribution in [0.15, 0.2) is 18.2 Å². The number of nitrogens with zero attached hydrogens (tertiary/aromatic N) is 1. The Bertz CT molecular complexity index is 501. The van der Waals surface area contributed by atoms with E-state index in [0.29, 0.717) is 29.6 Å². The summed E-state index contributed by atoms with van der Waals surface area (Å²) in [6.07, 6.45) is 2.16.